The number of hydrogen-bond donors (Lipinski definition) is 2. The Labute approximate surface area is 150 Å². The molecule has 1 heterocycles. The molecule has 2 N–H and O–H groups in total. The first-order valence-corrected chi connectivity index (χ1v) is 9.51. The second kappa shape index (κ2) is 8.37. The topological polar surface area (TPSA) is 61.4 Å². The maximum absolute atomic E-state index is 12.2. The van der Waals surface area contributed by atoms with Crippen LogP contribution in [0.15, 0.2) is 30.3 Å². The molecule has 25 heavy (non-hydrogen) atoms. The zero-order valence-corrected chi connectivity index (χ0v) is 15.0. The number of likely N-dealkylation sites (tertiary alicyclic amines) is 1. The van der Waals surface area contributed by atoms with Crippen molar-refractivity contribution in [3.05, 3.63) is 35.9 Å². The van der Waals surface area contributed by atoms with Crippen LogP contribution in [0, 0.1) is 5.92 Å². The Bertz CT molecular complexity index is 578. The highest BCUT2D eigenvalue weighted by Crippen LogP contribution is 2.31. The molecule has 3 amide bonds. The Morgan fingerprint density at radius 3 is 2.44 bits per heavy atom. The van der Waals surface area contributed by atoms with Crippen LogP contribution in [0.25, 0.3) is 0 Å². The van der Waals surface area contributed by atoms with Gasteiger partial charge in [0.05, 0.1) is 0 Å². The van der Waals surface area contributed by atoms with Crippen LogP contribution < -0.4 is 10.6 Å². The van der Waals surface area contributed by atoms with Gasteiger partial charge < -0.3 is 15.5 Å². The minimum absolute atomic E-state index is 0.0902. The van der Waals surface area contributed by atoms with Gasteiger partial charge in [-0.15, -0.1) is 0 Å². The first-order valence-electron chi connectivity index (χ1n) is 9.51. The molecular formula is C20H29N3O2. The summed E-state index contributed by atoms with van der Waals surface area (Å²) in [6, 6.07) is 10.5. The van der Waals surface area contributed by atoms with Crippen LogP contribution in [0.3, 0.4) is 0 Å². The molecule has 1 aromatic carbocycles. The fourth-order valence-electron chi connectivity index (χ4n) is 3.38. The molecule has 136 valence electrons. The van der Waals surface area contributed by atoms with E-state index in [0.717, 1.165) is 51.6 Å². The SMILES string of the molecule is CC(CCc1ccccc1)NC(=O)NC1CCN(C(=O)C2CC2)CC1. The number of carbonyl (C=O) groups is 2. The number of benzene rings is 1. The number of nitrogens with one attached hydrogen (secondary N) is 2. The fraction of sp³-hybridized carbons (Fsp3) is 0.600. The number of nitrogens with zero attached hydrogens (tertiary/aromatic N) is 1. The van der Waals surface area contributed by atoms with Gasteiger partial charge in [0, 0.05) is 31.1 Å². The molecule has 0 aromatic heterocycles. The van der Waals surface area contributed by atoms with Gasteiger partial charge in [-0.05, 0) is 51.0 Å². The molecule has 3 rings (SSSR count). The second-order valence-corrected chi connectivity index (χ2v) is 7.42. The van der Waals surface area contributed by atoms with Crippen molar-refractivity contribution in [3.63, 3.8) is 0 Å². The minimum atomic E-state index is -0.0902. The van der Waals surface area contributed by atoms with Crippen LogP contribution in [0.5, 0.6) is 0 Å². The number of carbonyl (C=O) groups excluding carboxylic acids is 2. The Kier molecular flexibility index (Phi) is 5.95. The summed E-state index contributed by atoms with van der Waals surface area (Å²) in [5.41, 5.74) is 1.30. The third-order valence-electron chi connectivity index (χ3n) is 5.15. The molecule has 1 saturated carbocycles. The van der Waals surface area contributed by atoms with Crippen LogP contribution in [-0.2, 0) is 11.2 Å². The van der Waals surface area contributed by atoms with Gasteiger partial charge in [-0.1, -0.05) is 30.3 Å². The van der Waals surface area contributed by atoms with E-state index in [2.05, 4.69) is 22.8 Å². The Morgan fingerprint density at radius 2 is 1.80 bits per heavy atom. The predicted octanol–water partition coefficient (Wildman–Crippen LogP) is 2.71. The van der Waals surface area contributed by atoms with Gasteiger partial charge in [-0.25, -0.2) is 4.79 Å². The Morgan fingerprint density at radius 1 is 1.12 bits per heavy atom. The van der Waals surface area contributed by atoms with Crippen molar-refractivity contribution in [3.8, 4) is 0 Å². The van der Waals surface area contributed by atoms with Gasteiger partial charge >= 0.3 is 6.03 Å². The number of aryl methyl sites for hydroxylation is 1. The van der Waals surface area contributed by atoms with Crippen molar-refractivity contribution in [2.45, 2.75) is 57.5 Å². The van der Waals surface area contributed by atoms with Crippen molar-refractivity contribution in [2.75, 3.05) is 13.1 Å². The molecular weight excluding hydrogens is 314 g/mol. The molecule has 2 fully saturated rings. The highest BCUT2D eigenvalue weighted by Gasteiger charge is 2.35. The van der Waals surface area contributed by atoms with E-state index in [0.29, 0.717) is 11.8 Å². The third kappa shape index (κ3) is 5.48. The molecule has 1 atom stereocenters. The van der Waals surface area contributed by atoms with Crippen LogP contribution in [0.4, 0.5) is 4.79 Å². The van der Waals surface area contributed by atoms with Crippen LogP contribution in [-0.4, -0.2) is 42.0 Å². The summed E-state index contributed by atoms with van der Waals surface area (Å²) < 4.78 is 0. The average Bonchev–Trinajstić information content (AvgIpc) is 3.46. The largest absolute Gasteiger partial charge is 0.342 e. The minimum Gasteiger partial charge on any atom is -0.342 e. The molecule has 1 unspecified atom stereocenters. The number of rotatable bonds is 6. The van der Waals surface area contributed by atoms with Gasteiger partial charge in [0.2, 0.25) is 5.91 Å². The van der Waals surface area contributed by atoms with E-state index >= 15 is 0 Å². The monoisotopic (exact) mass is 343 g/mol. The van der Waals surface area contributed by atoms with Crippen LogP contribution in [0.2, 0.25) is 0 Å². The smallest absolute Gasteiger partial charge is 0.315 e. The molecule has 1 aliphatic carbocycles. The van der Waals surface area contributed by atoms with Crippen molar-refractivity contribution in [1.82, 2.24) is 15.5 Å². The predicted molar refractivity (Wildman–Crippen MR) is 98.2 cm³/mol. The van der Waals surface area contributed by atoms with E-state index in [1.165, 1.54) is 5.56 Å². The normalized spacial score (nSPS) is 19.3. The summed E-state index contributed by atoms with van der Waals surface area (Å²) in [6.45, 7) is 3.58. The van der Waals surface area contributed by atoms with Gasteiger partial charge in [0.1, 0.15) is 0 Å². The van der Waals surface area contributed by atoms with Gasteiger partial charge in [0.15, 0.2) is 0 Å². The number of hydrogen-bond acceptors (Lipinski definition) is 2. The van der Waals surface area contributed by atoms with E-state index in [1.807, 2.05) is 30.0 Å². The lowest BCUT2D eigenvalue weighted by molar-refractivity contribution is -0.133. The van der Waals surface area contributed by atoms with Crippen LogP contribution in [0.1, 0.15) is 44.6 Å². The van der Waals surface area contributed by atoms with Crippen molar-refractivity contribution >= 4 is 11.9 Å². The second-order valence-electron chi connectivity index (χ2n) is 7.42. The molecule has 0 radical (unpaired) electrons. The number of amides is 3. The number of urea groups is 1. The molecule has 5 heteroatoms. The summed E-state index contributed by atoms with van der Waals surface area (Å²) in [7, 11) is 0. The highest BCUT2D eigenvalue weighted by molar-refractivity contribution is 5.81. The maximum atomic E-state index is 12.2. The average molecular weight is 343 g/mol. The van der Waals surface area contributed by atoms with E-state index in [-0.39, 0.29) is 18.1 Å². The molecule has 5 nitrogen and oxygen atoms in total. The molecule has 0 bridgehead atoms. The van der Waals surface area contributed by atoms with E-state index in [9.17, 15) is 9.59 Å². The van der Waals surface area contributed by atoms with Crippen molar-refractivity contribution < 1.29 is 9.59 Å². The maximum Gasteiger partial charge on any atom is 0.315 e. The van der Waals surface area contributed by atoms with Gasteiger partial charge in [-0.2, -0.15) is 0 Å². The van der Waals surface area contributed by atoms with Gasteiger partial charge in [0.25, 0.3) is 0 Å². The zero-order chi connectivity index (χ0) is 17.6. The molecule has 1 aromatic rings. The first kappa shape index (κ1) is 17.8. The first-order chi connectivity index (χ1) is 12.1. The fourth-order valence-corrected chi connectivity index (χ4v) is 3.38. The Balaban J connectivity index is 1.33. The van der Waals surface area contributed by atoms with Crippen LogP contribution >= 0.6 is 0 Å². The standard InChI is InChI=1S/C20H29N3O2/c1-15(7-8-16-5-3-2-4-6-16)21-20(25)22-18-11-13-23(14-12-18)19(24)17-9-10-17/h2-6,15,17-18H,7-14H2,1H3,(H2,21,22,25). The lowest BCUT2D eigenvalue weighted by Crippen LogP contribution is -2.50. The summed E-state index contributed by atoms with van der Waals surface area (Å²) in [4.78, 5) is 26.2. The molecule has 0 spiro atoms. The van der Waals surface area contributed by atoms with E-state index in [1.54, 1.807) is 0 Å². The van der Waals surface area contributed by atoms with Gasteiger partial charge in [-0.3, -0.25) is 4.79 Å². The zero-order valence-electron chi connectivity index (χ0n) is 15.0. The summed E-state index contributed by atoms with van der Waals surface area (Å²) in [6.07, 6.45) is 5.70. The van der Waals surface area contributed by atoms with E-state index in [4.69, 9.17) is 0 Å². The lowest BCUT2D eigenvalue weighted by atomic mass is 10.0. The molecule has 1 aliphatic heterocycles. The third-order valence-corrected chi connectivity index (χ3v) is 5.15. The summed E-state index contributed by atoms with van der Waals surface area (Å²) in [5, 5.41) is 6.09. The van der Waals surface area contributed by atoms with Crippen molar-refractivity contribution in [2.24, 2.45) is 5.92 Å². The molecule has 1 saturated heterocycles. The van der Waals surface area contributed by atoms with E-state index < -0.39 is 0 Å². The number of piperidine rings is 1. The lowest BCUT2D eigenvalue weighted by Gasteiger charge is -2.32. The van der Waals surface area contributed by atoms with Crippen molar-refractivity contribution in [1.29, 1.82) is 0 Å². The molecule has 2 aliphatic rings. The Hall–Kier alpha value is -2.04. The highest BCUT2D eigenvalue weighted by atomic mass is 16.2. The quantitative estimate of drug-likeness (QED) is 0.834. The summed E-state index contributed by atoms with van der Waals surface area (Å²) in [5.74, 6) is 0.607. The summed E-state index contributed by atoms with van der Waals surface area (Å²) >= 11 is 0.